The first-order valence-corrected chi connectivity index (χ1v) is 8.17. The van der Waals surface area contributed by atoms with Gasteiger partial charge in [0.15, 0.2) is 11.5 Å². The quantitative estimate of drug-likeness (QED) is 0.763. The van der Waals surface area contributed by atoms with Crippen molar-refractivity contribution in [1.29, 1.82) is 0 Å². The summed E-state index contributed by atoms with van der Waals surface area (Å²) >= 11 is 0. The molecule has 0 aliphatic carbocycles. The minimum absolute atomic E-state index is 0.356. The number of rotatable bonds is 9. The van der Waals surface area contributed by atoms with E-state index in [9.17, 15) is 0 Å². The van der Waals surface area contributed by atoms with E-state index in [1.165, 1.54) is 16.7 Å². The summed E-state index contributed by atoms with van der Waals surface area (Å²) in [5, 5.41) is 3.57. The van der Waals surface area contributed by atoms with Crippen molar-refractivity contribution in [2.45, 2.75) is 32.5 Å². The van der Waals surface area contributed by atoms with Gasteiger partial charge in [-0.15, -0.1) is 0 Å². The summed E-state index contributed by atoms with van der Waals surface area (Å²) in [5.74, 6) is 1.53. The van der Waals surface area contributed by atoms with E-state index in [1.807, 2.05) is 12.1 Å². The predicted octanol–water partition coefficient (Wildman–Crippen LogP) is 3.57. The molecule has 2 aromatic carbocycles. The van der Waals surface area contributed by atoms with E-state index < -0.39 is 0 Å². The van der Waals surface area contributed by atoms with Gasteiger partial charge >= 0.3 is 0 Å². The zero-order chi connectivity index (χ0) is 17.4. The Morgan fingerprint density at radius 3 is 2.33 bits per heavy atom. The lowest BCUT2D eigenvalue weighted by Crippen LogP contribution is -2.27. The molecule has 1 atom stereocenters. The van der Waals surface area contributed by atoms with Crippen LogP contribution in [0.4, 0.5) is 0 Å². The third kappa shape index (κ3) is 5.25. The van der Waals surface area contributed by atoms with Crippen molar-refractivity contribution >= 4 is 0 Å². The van der Waals surface area contributed by atoms with Crippen molar-refractivity contribution in [2.75, 3.05) is 21.3 Å². The molecule has 130 valence electrons. The Morgan fingerprint density at radius 2 is 1.62 bits per heavy atom. The van der Waals surface area contributed by atoms with E-state index in [4.69, 9.17) is 14.2 Å². The standard InChI is InChI=1S/C20H27NO3/c1-15(10-16-8-9-19(23-3)20(12-16)24-4)21-13-17-6-5-7-18(11-17)14-22-2/h5-9,11-12,15,21H,10,13-14H2,1-4H3. The van der Waals surface area contributed by atoms with E-state index in [0.29, 0.717) is 12.6 Å². The van der Waals surface area contributed by atoms with Crippen LogP contribution in [0, 0.1) is 0 Å². The van der Waals surface area contributed by atoms with Crippen LogP contribution in [0.1, 0.15) is 23.6 Å². The first-order chi connectivity index (χ1) is 11.7. The first-order valence-electron chi connectivity index (χ1n) is 8.17. The van der Waals surface area contributed by atoms with Gasteiger partial charge < -0.3 is 19.5 Å². The number of nitrogens with one attached hydrogen (secondary N) is 1. The highest BCUT2D eigenvalue weighted by atomic mass is 16.5. The summed E-state index contributed by atoms with van der Waals surface area (Å²) in [4.78, 5) is 0. The summed E-state index contributed by atoms with van der Waals surface area (Å²) in [6.07, 6.45) is 0.929. The number of ether oxygens (including phenoxy) is 3. The van der Waals surface area contributed by atoms with Crippen LogP contribution in [0.3, 0.4) is 0 Å². The Labute approximate surface area is 144 Å². The molecule has 0 radical (unpaired) electrons. The average molecular weight is 329 g/mol. The van der Waals surface area contributed by atoms with E-state index in [2.05, 4.69) is 42.6 Å². The Hall–Kier alpha value is -2.04. The molecule has 0 saturated carbocycles. The third-order valence-electron chi connectivity index (χ3n) is 3.95. The lowest BCUT2D eigenvalue weighted by Gasteiger charge is -2.16. The molecule has 0 aliphatic heterocycles. The monoisotopic (exact) mass is 329 g/mol. The first kappa shape index (κ1) is 18.3. The molecule has 1 N–H and O–H groups in total. The second-order valence-electron chi connectivity index (χ2n) is 5.93. The van der Waals surface area contributed by atoms with E-state index >= 15 is 0 Å². The zero-order valence-corrected chi connectivity index (χ0v) is 15.0. The summed E-state index contributed by atoms with van der Waals surface area (Å²) in [6, 6.07) is 14.9. The molecular weight excluding hydrogens is 302 g/mol. The minimum Gasteiger partial charge on any atom is -0.493 e. The van der Waals surface area contributed by atoms with Crippen LogP contribution in [0.25, 0.3) is 0 Å². The smallest absolute Gasteiger partial charge is 0.160 e. The Morgan fingerprint density at radius 1 is 0.875 bits per heavy atom. The zero-order valence-electron chi connectivity index (χ0n) is 15.0. The van der Waals surface area contributed by atoms with Gasteiger partial charge in [-0.3, -0.25) is 0 Å². The van der Waals surface area contributed by atoms with E-state index in [1.54, 1.807) is 21.3 Å². The maximum atomic E-state index is 5.37. The number of methoxy groups -OCH3 is 3. The van der Waals surface area contributed by atoms with Gasteiger partial charge in [0, 0.05) is 19.7 Å². The molecule has 4 nitrogen and oxygen atoms in total. The van der Waals surface area contributed by atoms with E-state index in [-0.39, 0.29) is 0 Å². The molecule has 24 heavy (non-hydrogen) atoms. The molecule has 2 rings (SSSR count). The third-order valence-corrected chi connectivity index (χ3v) is 3.95. The van der Waals surface area contributed by atoms with Gasteiger partial charge in [0.2, 0.25) is 0 Å². The highest BCUT2D eigenvalue weighted by Gasteiger charge is 2.08. The van der Waals surface area contributed by atoms with Gasteiger partial charge in [-0.2, -0.15) is 0 Å². The van der Waals surface area contributed by atoms with Crippen molar-refractivity contribution < 1.29 is 14.2 Å². The highest BCUT2D eigenvalue weighted by Crippen LogP contribution is 2.27. The van der Waals surface area contributed by atoms with Gasteiger partial charge in [-0.1, -0.05) is 30.3 Å². The van der Waals surface area contributed by atoms with Crippen LogP contribution in [0.5, 0.6) is 11.5 Å². The van der Waals surface area contributed by atoms with Crippen LogP contribution in [-0.2, 0) is 24.3 Å². The Kier molecular flexibility index (Phi) is 7.09. The van der Waals surface area contributed by atoms with Gasteiger partial charge in [0.25, 0.3) is 0 Å². The van der Waals surface area contributed by atoms with E-state index in [0.717, 1.165) is 24.5 Å². The Balaban J connectivity index is 1.91. The number of benzene rings is 2. The minimum atomic E-state index is 0.356. The molecule has 0 amide bonds. The molecule has 0 saturated heterocycles. The topological polar surface area (TPSA) is 39.7 Å². The van der Waals surface area contributed by atoms with Gasteiger partial charge in [-0.25, -0.2) is 0 Å². The van der Waals surface area contributed by atoms with Gasteiger partial charge in [0.1, 0.15) is 0 Å². The summed E-state index contributed by atoms with van der Waals surface area (Å²) in [5.41, 5.74) is 3.69. The average Bonchev–Trinajstić information content (AvgIpc) is 2.60. The largest absolute Gasteiger partial charge is 0.493 e. The van der Waals surface area contributed by atoms with Crippen LogP contribution in [0.15, 0.2) is 42.5 Å². The fourth-order valence-corrected chi connectivity index (χ4v) is 2.72. The second kappa shape index (κ2) is 9.30. The molecule has 0 spiro atoms. The molecule has 1 unspecified atom stereocenters. The van der Waals surface area contributed by atoms with Gasteiger partial charge in [0.05, 0.1) is 20.8 Å². The molecule has 0 heterocycles. The van der Waals surface area contributed by atoms with Crippen LogP contribution >= 0.6 is 0 Å². The molecule has 0 aliphatic rings. The van der Waals surface area contributed by atoms with Crippen LogP contribution < -0.4 is 14.8 Å². The van der Waals surface area contributed by atoms with Crippen molar-refractivity contribution in [3.63, 3.8) is 0 Å². The number of hydrogen-bond acceptors (Lipinski definition) is 4. The predicted molar refractivity (Wildman–Crippen MR) is 96.7 cm³/mol. The molecule has 4 heteroatoms. The summed E-state index contributed by atoms with van der Waals surface area (Å²) in [7, 11) is 5.03. The van der Waals surface area contributed by atoms with Gasteiger partial charge in [-0.05, 0) is 42.2 Å². The number of hydrogen-bond donors (Lipinski definition) is 1. The highest BCUT2D eigenvalue weighted by molar-refractivity contribution is 5.43. The van der Waals surface area contributed by atoms with Crippen molar-refractivity contribution in [2.24, 2.45) is 0 Å². The van der Waals surface area contributed by atoms with Crippen molar-refractivity contribution in [1.82, 2.24) is 5.32 Å². The lowest BCUT2D eigenvalue weighted by atomic mass is 10.1. The molecule has 0 bridgehead atoms. The molecule has 0 fully saturated rings. The maximum absolute atomic E-state index is 5.37. The van der Waals surface area contributed by atoms with Crippen LogP contribution in [-0.4, -0.2) is 27.4 Å². The fourth-order valence-electron chi connectivity index (χ4n) is 2.72. The fraction of sp³-hybridized carbons (Fsp3) is 0.400. The van der Waals surface area contributed by atoms with Crippen molar-refractivity contribution in [3.8, 4) is 11.5 Å². The Bertz CT molecular complexity index is 643. The SMILES string of the molecule is COCc1cccc(CNC(C)Cc2ccc(OC)c(OC)c2)c1. The maximum Gasteiger partial charge on any atom is 0.160 e. The molecule has 2 aromatic rings. The molecule has 0 aromatic heterocycles. The summed E-state index contributed by atoms with van der Waals surface area (Å²) in [6.45, 7) is 3.68. The normalized spacial score (nSPS) is 12.0. The summed E-state index contributed by atoms with van der Waals surface area (Å²) < 4.78 is 15.8. The lowest BCUT2D eigenvalue weighted by molar-refractivity contribution is 0.185. The molecular formula is C20H27NO3. The second-order valence-corrected chi connectivity index (χ2v) is 5.93. The van der Waals surface area contributed by atoms with Crippen molar-refractivity contribution in [3.05, 3.63) is 59.2 Å². The van der Waals surface area contributed by atoms with Crippen LogP contribution in [0.2, 0.25) is 0 Å².